The SMILES string of the molecule is C/C=C/CC/C=C/CC/C=C/CCCC(O)C(O)C(COP(=O)(O)OCC[N+](C)(C)C)NC(=O)CCCCCCCCCCCC. The molecule has 0 radical (unpaired) electrons. The van der Waals surface area contributed by atoms with E-state index in [1.165, 1.54) is 44.9 Å². The summed E-state index contributed by atoms with van der Waals surface area (Å²) >= 11 is 0. The Morgan fingerprint density at radius 2 is 1.30 bits per heavy atom. The Morgan fingerprint density at radius 1 is 0.783 bits per heavy atom. The number of hydrogen-bond acceptors (Lipinski definition) is 6. The molecule has 4 N–H and O–H groups in total. The van der Waals surface area contributed by atoms with Crippen LogP contribution in [0.3, 0.4) is 0 Å². The number of phosphoric acid groups is 1. The topological polar surface area (TPSA) is 125 Å². The first kappa shape index (κ1) is 44.7. The molecular weight excluding hydrogens is 603 g/mol. The normalized spacial score (nSPS) is 15.9. The van der Waals surface area contributed by atoms with Crippen LogP contribution in [0.4, 0.5) is 0 Å². The van der Waals surface area contributed by atoms with Crippen LogP contribution in [0.5, 0.6) is 0 Å². The molecule has 1 amide bonds. The van der Waals surface area contributed by atoms with Crippen molar-refractivity contribution in [3.63, 3.8) is 0 Å². The van der Waals surface area contributed by atoms with Crippen LogP contribution in [-0.4, -0.2) is 84.6 Å². The smallest absolute Gasteiger partial charge is 0.390 e. The van der Waals surface area contributed by atoms with E-state index in [1.807, 2.05) is 28.1 Å². The summed E-state index contributed by atoms with van der Waals surface area (Å²) in [4.78, 5) is 22.9. The van der Waals surface area contributed by atoms with Gasteiger partial charge in [0.1, 0.15) is 19.3 Å². The molecule has 0 saturated heterocycles. The fourth-order valence-corrected chi connectivity index (χ4v) is 5.56. The van der Waals surface area contributed by atoms with Crippen LogP contribution in [-0.2, 0) is 18.4 Å². The van der Waals surface area contributed by atoms with Crippen LogP contribution in [0.15, 0.2) is 36.5 Å². The zero-order valence-corrected chi connectivity index (χ0v) is 30.8. The molecule has 4 unspecified atom stereocenters. The molecule has 0 aromatic carbocycles. The first-order valence-electron chi connectivity index (χ1n) is 17.9. The second-order valence-corrected chi connectivity index (χ2v) is 14.8. The van der Waals surface area contributed by atoms with E-state index in [2.05, 4.69) is 48.7 Å². The molecule has 0 rings (SSSR count). The van der Waals surface area contributed by atoms with Gasteiger partial charge in [-0.1, -0.05) is 101 Å². The number of nitrogens with zero attached hydrogens (tertiary/aromatic N) is 1. The summed E-state index contributed by atoms with van der Waals surface area (Å²) in [6.07, 6.45) is 28.0. The van der Waals surface area contributed by atoms with Crippen molar-refractivity contribution in [1.82, 2.24) is 5.32 Å². The van der Waals surface area contributed by atoms with Crippen molar-refractivity contribution < 1.29 is 38.0 Å². The largest absolute Gasteiger partial charge is 0.472 e. The number of likely N-dealkylation sites (N-methyl/N-ethyl adjacent to an activating group) is 1. The first-order valence-corrected chi connectivity index (χ1v) is 19.4. The van der Waals surface area contributed by atoms with E-state index in [1.54, 1.807) is 0 Å². The van der Waals surface area contributed by atoms with Crippen molar-refractivity contribution in [2.24, 2.45) is 0 Å². The molecule has 0 spiro atoms. The summed E-state index contributed by atoms with van der Waals surface area (Å²) in [7, 11) is 1.40. The fraction of sp³-hybridized carbons (Fsp3) is 0.806. The Labute approximate surface area is 281 Å². The van der Waals surface area contributed by atoms with Crippen molar-refractivity contribution >= 4 is 13.7 Å². The molecule has 9 nitrogen and oxygen atoms in total. The minimum atomic E-state index is -4.41. The summed E-state index contributed by atoms with van der Waals surface area (Å²) in [5, 5.41) is 24.4. The molecule has 0 saturated carbocycles. The fourth-order valence-electron chi connectivity index (χ4n) is 4.83. The highest BCUT2D eigenvalue weighted by molar-refractivity contribution is 7.47. The maximum atomic E-state index is 12.8. The monoisotopic (exact) mass is 673 g/mol. The highest BCUT2D eigenvalue weighted by Gasteiger charge is 2.31. The van der Waals surface area contributed by atoms with Gasteiger partial charge in [0.25, 0.3) is 0 Å². The number of aliphatic hydroxyl groups is 2. The standard InChI is InChI=1S/C36H69N2O7P/c1-6-8-10-12-14-16-18-19-20-22-24-26-28-34(39)36(41)33(32-45-46(42,43)44-31-30-38(3,4)5)37-35(40)29-27-25-23-21-17-15-13-11-9-7-2/h6,8,14,16,20,22,33-34,36,39,41H,7,9-13,15,17-19,21,23-32H2,1-5H3,(H-,37,40,42,43)/p+1/b8-6+,16-14+,22-20+. The molecule has 4 atom stereocenters. The third-order valence-electron chi connectivity index (χ3n) is 7.78. The van der Waals surface area contributed by atoms with E-state index in [9.17, 15) is 24.5 Å². The summed E-state index contributed by atoms with van der Waals surface area (Å²) in [5.74, 6) is -0.281. The Hall–Kier alpha value is -1.32. The predicted molar refractivity (Wildman–Crippen MR) is 190 cm³/mol. The van der Waals surface area contributed by atoms with Gasteiger partial charge in [0.05, 0.1) is 39.9 Å². The van der Waals surface area contributed by atoms with Crippen molar-refractivity contribution in [3.8, 4) is 0 Å². The Kier molecular flexibility index (Phi) is 27.8. The van der Waals surface area contributed by atoms with Crippen molar-refractivity contribution in [3.05, 3.63) is 36.5 Å². The predicted octanol–water partition coefficient (Wildman–Crippen LogP) is 7.76. The molecule has 0 heterocycles. The summed E-state index contributed by atoms with van der Waals surface area (Å²) < 4.78 is 23.3. The average Bonchev–Trinajstić information content (AvgIpc) is 2.99. The molecule has 270 valence electrons. The second kappa shape index (κ2) is 28.7. The number of quaternary nitrogens is 1. The first-order chi connectivity index (χ1) is 21.9. The van der Waals surface area contributed by atoms with Gasteiger partial charge in [0.15, 0.2) is 0 Å². The van der Waals surface area contributed by atoms with Crippen molar-refractivity contribution in [2.45, 2.75) is 148 Å². The van der Waals surface area contributed by atoms with E-state index in [0.717, 1.165) is 51.4 Å². The van der Waals surface area contributed by atoms with Gasteiger partial charge in [-0.15, -0.1) is 0 Å². The number of phosphoric ester groups is 1. The Bertz CT molecular complexity index is 873. The van der Waals surface area contributed by atoms with Gasteiger partial charge in [-0.3, -0.25) is 13.8 Å². The summed E-state index contributed by atoms with van der Waals surface area (Å²) in [5.41, 5.74) is 0. The molecule has 0 aliphatic carbocycles. The molecule has 0 aromatic heterocycles. The Balaban J connectivity index is 4.76. The van der Waals surface area contributed by atoms with Crippen molar-refractivity contribution in [1.29, 1.82) is 0 Å². The minimum Gasteiger partial charge on any atom is -0.390 e. The highest BCUT2D eigenvalue weighted by Crippen LogP contribution is 2.43. The quantitative estimate of drug-likeness (QED) is 0.0257. The maximum Gasteiger partial charge on any atom is 0.472 e. The van der Waals surface area contributed by atoms with Gasteiger partial charge in [-0.25, -0.2) is 4.57 Å². The number of aliphatic hydroxyl groups excluding tert-OH is 2. The molecule has 46 heavy (non-hydrogen) atoms. The molecule has 0 fully saturated rings. The molecule has 10 heteroatoms. The van der Waals surface area contributed by atoms with E-state index in [0.29, 0.717) is 23.9 Å². The minimum absolute atomic E-state index is 0.0125. The van der Waals surface area contributed by atoms with Gasteiger partial charge in [-0.2, -0.15) is 0 Å². The Morgan fingerprint density at radius 3 is 1.85 bits per heavy atom. The van der Waals surface area contributed by atoms with Gasteiger partial charge in [0, 0.05) is 6.42 Å². The lowest BCUT2D eigenvalue weighted by Gasteiger charge is -2.28. The number of unbranched alkanes of at least 4 members (excludes halogenated alkanes) is 12. The van der Waals surface area contributed by atoms with Gasteiger partial charge >= 0.3 is 7.82 Å². The molecule has 0 aliphatic heterocycles. The molecular formula is C36H70N2O7P+. The number of nitrogens with one attached hydrogen (secondary N) is 1. The maximum absolute atomic E-state index is 12.8. The summed E-state index contributed by atoms with van der Waals surface area (Å²) in [6, 6.07) is -1.05. The molecule has 0 aromatic rings. The third-order valence-corrected chi connectivity index (χ3v) is 8.77. The van der Waals surface area contributed by atoms with E-state index < -0.39 is 32.7 Å². The number of amides is 1. The van der Waals surface area contributed by atoms with E-state index in [-0.39, 0.29) is 18.9 Å². The molecule has 0 bridgehead atoms. The van der Waals surface area contributed by atoms with Crippen LogP contribution >= 0.6 is 7.82 Å². The van der Waals surface area contributed by atoms with Crippen LogP contribution < -0.4 is 5.32 Å². The summed E-state index contributed by atoms with van der Waals surface area (Å²) in [6.45, 7) is 4.30. The number of carbonyl (C=O) groups is 1. The average molecular weight is 674 g/mol. The zero-order chi connectivity index (χ0) is 34.5. The molecule has 0 aliphatic rings. The number of carbonyl (C=O) groups excluding carboxylic acids is 1. The zero-order valence-electron chi connectivity index (χ0n) is 29.9. The number of rotatable bonds is 31. The van der Waals surface area contributed by atoms with Crippen LogP contribution in [0, 0.1) is 0 Å². The second-order valence-electron chi connectivity index (χ2n) is 13.4. The number of allylic oxidation sites excluding steroid dienone is 6. The van der Waals surface area contributed by atoms with Gasteiger partial charge in [-0.05, 0) is 58.3 Å². The lowest BCUT2D eigenvalue weighted by atomic mass is 10.0. The highest BCUT2D eigenvalue weighted by atomic mass is 31.2. The number of hydrogen-bond donors (Lipinski definition) is 4. The van der Waals surface area contributed by atoms with E-state index in [4.69, 9.17) is 9.05 Å². The van der Waals surface area contributed by atoms with Crippen LogP contribution in [0.25, 0.3) is 0 Å². The van der Waals surface area contributed by atoms with Gasteiger partial charge < -0.3 is 24.9 Å². The van der Waals surface area contributed by atoms with E-state index >= 15 is 0 Å². The van der Waals surface area contributed by atoms with Gasteiger partial charge in [0.2, 0.25) is 5.91 Å². The van der Waals surface area contributed by atoms with Crippen LogP contribution in [0.2, 0.25) is 0 Å². The lowest BCUT2D eigenvalue weighted by molar-refractivity contribution is -0.870. The third kappa shape index (κ3) is 28.9. The lowest BCUT2D eigenvalue weighted by Crippen LogP contribution is -2.51. The van der Waals surface area contributed by atoms with Crippen LogP contribution in [0.1, 0.15) is 129 Å². The van der Waals surface area contributed by atoms with Crippen molar-refractivity contribution in [2.75, 3.05) is 40.9 Å².